The van der Waals surface area contributed by atoms with Crippen molar-refractivity contribution in [1.82, 2.24) is 0 Å². The second-order valence-electron chi connectivity index (χ2n) is 9.01. The molecule has 0 aliphatic carbocycles. The van der Waals surface area contributed by atoms with Gasteiger partial charge in [0.05, 0.1) is 0 Å². The average Bonchev–Trinajstić information content (AvgIpc) is 2.97. The summed E-state index contributed by atoms with van der Waals surface area (Å²) in [5.41, 5.74) is 7.20. The number of ketones is 1. The number of benzene rings is 4. The van der Waals surface area contributed by atoms with E-state index in [1.54, 1.807) is 61.5 Å². The molecule has 0 radical (unpaired) electrons. The smallest absolute Gasteiger partial charge is 0.318 e. The highest BCUT2D eigenvalue weighted by Crippen LogP contribution is 2.35. The average molecular weight is 494 g/mol. The molecule has 3 N–H and O–H groups in total. The van der Waals surface area contributed by atoms with Crippen LogP contribution in [0, 0.1) is 0 Å². The first kappa shape index (κ1) is 26.0. The quantitative estimate of drug-likeness (QED) is 0.233. The number of hydrogen-bond donors (Lipinski definition) is 2. The molecule has 0 saturated heterocycles. The Kier molecular flexibility index (Phi) is 8.29. The molecule has 3 atom stereocenters. The number of esters is 1. The van der Waals surface area contributed by atoms with Crippen molar-refractivity contribution >= 4 is 11.8 Å². The zero-order valence-electron chi connectivity index (χ0n) is 20.7. The Balaban J connectivity index is 1.77. The SMILES string of the molecule is CCC(O)(c1ccccc1)C(OC(=O)C(c1ccccc1)c1ccccc1)C(N)C(=O)c1ccccc1. The zero-order valence-corrected chi connectivity index (χ0v) is 20.7. The van der Waals surface area contributed by atoms with E-state index in [0.29, 0.717) is 11.1 Å². The molecule has 0 saturated carbocycles. The Bertz CT molecular complexity index is 1260. The van der Waals surface area contributed by atoms with Gasteiger partial charge in [-0.1, -0.05) is 128 Å². The van der Waals surface area contributed by atoms with Crippen LogP contribution >= 0.6 is 0 Å². The summed E-state index contributed by atoms with van der Waals surface area (Å²) < 4.78 is 6.10. The normalized spacial score (nSPS) is 14.4. The third-order valence-electron chi connectivity index (χ3n) is 6.72. The number of nitrogens with two attached hydrogens (primary N) is 1. The standard InChI is InChI=1S/C32H31NO4/c1-2-32(36,26-21-13-6-14-22-26)30(28(33)29(34)25-19-11-5-12-20-25)37-31(35)27(23-15-7-3-8-16-23)24-17-9-4-10-18-24/h3-22,27-28,30,36H,2,33H2,1H3. The Morgan fingerprint density at radius 3 is 1.65 bits per heavy atom. The van der Waals surface area contributed by atoms with Crippen LogP contribution in [0.5, 0.6) is 0 Å². The molecule has 0 heterocycles. The lowest BCUT2D eigenvalue weighted by Gasteiger charge is -2.38. The van der Waals surface area contributed by atoms with Gasteiger partial charge in [0.1, 0.15) is 17.6 Å². The summed E-state index contributed by atoms with van der Waals surface area (Å²) in [6, 6.07) is 34.8. The highest BCUT2D eigenvalue weighted by Gasteiger charge is 2.47. The molecule has 5 heteroatoms. The molecule has 4 rings (SSSR count). The minimum absolute atomic E-state index is 0.173. The van der Waals surface area contributed by atoms with Crippen molar-refractivity contribution in [3.8, 4) is 0 Å². The summed E-state index contributed by atoms with van der Waals surface area (Å²) in [4.78, 5) is 27.4. The highest BCUT2D eigenvalue weighted by molar-refractivity contribution is 6.00. The molecule has 0 aliphatic rings. The van der Waals surface area contributed by atoms with Gasteiger partial charge < -0.3 is 15.6 Å². The first-order chi connectivity index (χ1) is 18.0. The van der Waals surface area contributed by atoms with Crippen LogP contribution in [0.3, 0.4) is 0 Å². The van der Waals surface area contributed by atoms with Crippen molar-refractivity contribution in [2.45, 2.75) is 37.0 Å². The molecule has 0 spiro atoms. The number of Topliss-reactive ketones (excluding diaryl/α,β-unsaturated/α-hetero) is 1. The van der Waals surface area contributed by atoms with Crippen molar-refractivity contribution in [2.75, 3.05) is 0 Å². The van der Waals surface area contributed by atoms with Crippen LogP contribution in [0.15, 0.2) is 121 Å². The lowest BCUT2D eigenvalue weighted by molar-refractivity contribution is -0.170. The van der Waals surface area contributed by atoms with E-state index in [4.69, 9.17) is 10.5 Å². The van der Waals surface area contributed by atoms with E-state index in [9.17, 15) is 14.7 Å². The predicted molar refractivity (Wildman–Crippen MR) is 144 cm³/mol. The lowest BCUT2D eigenvalue weighted by atomic mass is 9.80. The second kappa shape index (κ2) is 11.8. The van der Waals surface area contributed by atoms with Gasteiger partial charge in [0.25, 0.3) is 0 Å². The summed E-state index contributed by atoms with van der Waals surface area (Å²) >= 11 is 0. The fourth-order valence-electron chi connectivity index (χ4n) is 4.65. The number of aliphatic hydroxyl groups is 1. The molecule has 0 amide bonds. The Labute approximate surface area is 217 Å². The molecule has 188 valence electrons. The highest BCUT2D eigenvalue weighted by atomic mass is 16.6. The van der Waals surface area contributed by atoms with Gasteiger partial charge in [-0.2, -0.15) is 0 Å². The molecule has 37 heavy (non-hydrogen) atoms. The molecule has 0 bridgehead atoms. The third kappa shape index (κ3) is 5.69. The van der Waals surface area contributed by atoms with Crippen LogP contribution in [0.4, 0.5) is 0 Å². The monoisotopic (exact) mass is 493 g/mol. The number of hydrogen-bond acceptors (Lipinski definition) is 5. The third-order valence-corrected chi connectivity index (χ3v) is 6.72. The number of ether oxygens (including phenoxy) is 1. The fraction of sp³-hybridized carbons (Fsp3) is 0.188. The second-order valence-corrected chi connectivity index (χ2v) is 9.01. The maximum atomic E-state index is 13.9. The van der Waals surface area contributed by atoms with Crippen LogP contribution in [0.2, 0.25) is 0 Å². The Morgan fingerprint density at radius 1 is 0.757 bits per heavy atom. The number of rotatable bonds is 10. The topological polar surface area (TPSA) is 89.6 Å². The van der Waals surface area contributed by atoms with E-state index < -0.39 is 35.4 Å². The first-order valence-corrected chi connectivity index (χ1v) is 12.4. The molecule has 0 aliphatic heterocycles. The Morgan fingerprint density at radius 2 is 1.19 bits per heavy atom. The number of carbonyl (C=O) groups excluding carboxylic acids is 2. The van der Waals surface area contributed by atoms with Gasteiger partial charge in [-0.05, 0) is 23.1 Å². The van der Waals surface area contributed by atoms with Gasteiger partial charge in [-0.25, -0.2) is 0 Å². The van der Waals surface area contributed by atoms with Crippen LogP contribution in [0.25, 0.3) is 0 Å². The molecule has 0 fully saturated rings. The van der Waals surface area contributed by atoms with Crippen LogP contribution in [0.1, 0.15) is 46.3 Å². The van der Waals surface area contributed by atoms with Crippen molar-refractivity contribution < 1.29 is 19.4 Å². The molecular formula is C32H31NO4. The molecular weight excluding hydrogens is 462 g/mol. The van der Waals surface area contributed by atoms with Crippen LogP contribution < -0.4 is 5.73 Å². The molecule has 4 aromatic carbocycles. The molecule has 5 nitrogen and oxygen atoms in total. The summed E-state index contributed by atoms with van der Waals surface area (Å²) in [5.74, 6) is -1.78. The summed E-state index contributed by atoms with van der Waals surface area (Å²) in [6.45, 7) is 1.78. The maximum Gasteiger partial charge on any atom is 0.318 e. The minimum atomic E-state index is -1.70. The van der Waals surface area contributed by atoms with Gasteiger partial charge in [-0.15, -0.1) is 0 Å². The van der Waals surface area contributed by atoms with E-state index in [1.165, 1.54) is 0 Å². The van der Waals surface area contributed by atoms with E-state index in [1.807, 2.05) is 66.7 Å². The predicted octanol–water partition coefficient (Wildman–Crippen LogP) is 5.24. The largest absolute Gasteiger partial charge is 0.456 e. The van der Waals surface area contributed by atoms with Gasteiger partial charge >= 0.3 is 5.97 Å². The molecule has 3 unspecified atom stereocenters. The van der Waals surface area contributed by atoms with E-state index in [2.05, 4.69) is 0 Å². The van der Waals surface area contributed by atoms with Gasteiger partial charge in [0.15, 0.2) is 11.9 Å². The zero-order chi connectivity index (χ0) is 26.3. The Hall–Kier alpha value is -4.06. The van der Waals surface area contributed by atoms with E-state index in [-0.39, 0.29) is 6.42 Å². The van der Waals surface area contributed by atoms with Crippen molar-refractivity contribution in [3.05, 3.63) is 144 Å². The summed E-state index contributed by atoms with van der Waals surface area (Å²) in [6.07, 6.45) is -1.17. The lowest BCUT2D eigenvalue weighted by Crippen LogP contribution is -2.56. The van der Waals surface area contributed by atoms with Crippen LogP contribution in [-0.2, 0) is 15.1 Å². The summed E-state index contributed by atoms with van der Waals surface area (Å²) in [5, 5.41) is 12.0. The van der Waals surface area contributed by atoms with Gasteiger partial charge in [-0.3, -0.25) is 9.59 Å². The summed E-state index contributed by atoms with van der Waals surface area (Å²) in [7, 11) is 0. The van der Waals surface area contributed by atoms with E-state index in [0.717, 1.165) is 11.1 Å². The number of carbonyl (C=O) groups is 2. The molecule has 4 aromatic rings. The first-order valence-electron chi connectivity index (χ1n) is 12.4. The minimum Gasteiger partial charge on any atom is -0.456 e. The van der Waals surface area contributed by atoms with Gasteiger partial charge in [0.2, 0.25) is 0 Å². The fourth-order valence-corrected chi connectivity index (χ4v) is 4.65. The van der Waals surface area contributed by atoms with Gasteiger partial charge in [0, 0.05) is 5.56 Å². The van der Waals surface area contributed by atoms with E-state index >= 15 is 0 Å². The van der Waals surface area contributed by atoms with Crippen LogP contribution in [-0.4, -0.2) is 29.0 Å². The maximum absolute atomic E-state index is 13.9. The molecule has 0 aromatic heterocycles. The van der Waals surface area contributed by atoms with Crippen molar-refractivity contribution in [2.24, 2.45) is 5.73 Å². The van der Waals surface area contributed by atoms with Crippen molar-refractivity contribution in [3.63, 3.8) is 0 Å². The van der Waals surface area contributed by atoms with Crippen molar-refractivity contribution in [1.29, 1.82) is 0 Å².